The summed E-state index contributed by atoms with van der Waals surface area (Å²) in [5.41, 5.74) is 5.33. The minimum Gasteiger partial charge on any atom is -0.277 e. The fourth-order valence-electron chi connectivity index (χ4n) is 4.47. The predicted octanol–water partition coefficient (Wildman–Crippen LogP) is 3.07. The van der Waals surface area contributed by atoms with E-state index in [9.17, 15) is 13.2 Å². The van der Waals surface area contributed by atoms with Crippen LogP contribution in [0.2, 0.25) is 0 Å². The second-order valence-electron chi connectivity index (χ2n) is 8.32. The van der Waals surface area contributed by atoms with Crippen LogP contribution in [0.3, 0.4) is 0 Å². The first-order valence-corrected chi connectivity index (χ1v) is 11.6. The van der Waals surface area contributed by atoms with Gasteiger partial charge in [-0.3, -0.25) is 14.8 Å². The first-order valence-electron chi connectivity index (χ1n) is 10.1. The van der Waals surface area contributed by atoms with Crippen LogP contribution in [0.15, 0.2) is 53.7 Å². The van der Waals surface area contributed by atoms with Crippen LogP contribution in [0.5, 0.6) is 0 Å². The van der Waals surface area contributed by atoms with Crippen molar-refractivity contribution in [2.24, 2.45) is 0 Å². The molecule has 0 saturated heterocycles. The third-order valence-electron chi connectivity index (χ3n) is 6.16. The number of fused-ring (bicyclic) bond motifs is 1. The van der Waals surface area contributed by atoms with E-state index in [1.807, 2.05) is 29.2 Å². The first-order chi connectivity index (χ1) is 14.6. The summed E-state index contributed by atoms with van der Waals surface area (Å²) in [6.45, 7) is 9.07. The molecule has 31 heavy (non-hydrogen) atoms. The standard InChI is InChI=1S/C23H26N4O3S/c1-15-11-16(2)19(17(3)12-15)14-27-13-18-7-5-6-8-20(18)23(27,4)22(28)26-31(29,30)21-9-10-24-25-21/h5-12H,13-14H2,1-4H3,(H,24,25)(H,26,28). The fourth-order valence-corrected chi connectivity index (χ4v) is 5.43. The number of amides is 1. The highest BCUT2D eigenvalue weighted by Gasteiger charge is 2.48. The third kappa shape index (κ3) is 3.66. The second kappa shape index (κ2) is 7.62. The van der Waals surface area contributed by atoms with E-state index in [2.05, 4.69) is 47.8 Å². The van der Waals surface area contributed by atoms with E-state index in [0.717, 1.165) is 27.8 Å². The van der Waals surface area contributed by atoms with E-state index in [1.54, 1.807) is 6.92 Å². The van der Waals surface area contributed by atoms with Gasteiger partial charge in [-0.15, -0.1) is 0 Å². The molecule has 0 saturated carbocycles. The van der Waals surface area contributed by atoms with Crippen molar-refractivity contribution in [3.8, 4) is 0 Å². The summed E-state index contributed by atoms with van der Waals surface area (Å²) in [7, 11) is -4.06. The van der Waals surface area contributed by atoms with Gasteiger partial charge < -0.3 is 0 Å². The molecule has 7 nitrogen and oxygen atoms in total. The molecule has 2 heterocycles. The van der Waals surface area contributed by atoms with Crippen molar-refractivity contribution < 1.29 is 13.2 Å². The summed E-state index contributed by atoms with van der Waals surface area (Å²) in [5.74, 6) is -0.588. The number of aromatic amines is 1. The Kier molecular flexibility index (Phi) is 5.23. The van der Waals surface area contributed by atoms with Gasteiger partial charge in [-0.25, -0.2) is 4.72 Å². The Labute approximate surface area is 182 Å². The van der Waals surface area contributed by atoms with E-state index in [4.69, 9.17) is 0 Å². The number of H-pyrrole nitrogens is 1. The highest BCUT2D eigenvalue weighted by Crippen LogP contribution is 2.41. The lowest BCUT2D eigenvalue weighted by Crippen LogP contribution is -2.52. The van der Waals surface area contributed by atoms with E-state index < -0.39 is 21.5 Å². The summed E-state index contributed by atoms with van der Waals surface area (Å²) in [4.78, 5) is 15.5. The Bertz CT molecular complexity index is 1230. The molecule has 0 spiro atoms. The number of carbonyl (C=O) groups excluding carboxylic acids is 1. The molecule has 2 aromatic carbocycles. The lowest BCUT2D eigenvalue weighted by atomic mass is 9.90. The minimum atomic E-state index is -4.06. The van der Waals surface area contributed by atoms with Crippen molar-refractivity contribution in [2.45, 2.75) is 51.3 Å². The maximum Gasteiger partial charge on any atom is 0.281 e. The molecule has 4 rings (SSSR count). The zero-order valence-electron chi connectivity index (χ0n) is 18.1. The number of nitrogens with zero attached hydrogens (tertiary/aromatic N) is 2. The molecule has 2 N–H and O–H groups in total. The fraction of sp³-hybridized carbons (Fsp3) is 0.304. The molecular weight excluding hydrogens is 412 g/mol. The maximum absolute atomic E-state index is 13.5. The topological polar surface area (TPSA) is 95.2 Å². The van der Waals surface area contributed by atoms with Crippen molar-refractivity contribution in [3.05, 3.63) is 82.0 Å². The Morgan fingerprint density at radius 1 is 1.16 bits per heavy atom. The zero-order chi connectivity index (χ0) is 22.4. The predicted molar refractivity (Wildman–Crippen MR) is 118 cm³/mol. The Balaban J connectivity index is 1.74. The van der Waals surface area contributed by atoms with Crippen molar-refractivity contribution in [1.29, 1.82) is 0 Å². The molecule has 1 unspecified atom stereocenters. The number of carbonyl (C=O) groups is 1. The van der Waals surface area contributed by atoms with Crippen molar-refractivity contribution >= 4 is 15.9 Å². The number of aromatic nitrogens is 2. The van der Waals surface area contributed by atoms with Crippen LogP contribution in [0.1, 0.15) is 40.3 Å². The molecule has 1 aromatic heterocycles. The number of hydrogen-bond donors (Lipinski definition) is 2. The number of sulfonamides is 1. The molecule has 0 bridgehead atoms. The van der Waals surface area contributed by atoms with Crippen LogP contribution in [0, 0.1) is 20.8 Å². The maximum atomic E-state index is 13.5. The van der Waals surface area contributed by atoms with Gasteiger partial charge in [0, 0.05) is 13.1 Å². The van der Waals surface area contributed by atoms with Crippen LogP contribution in [0.25, 0.3) is 0 Å². The van der Waals surface area contributed by atoms with E-state index >= 15 is 0 Å². The van der Waals surface area contributed by atoms with Gasteiger partial charge in [0.1, 0.15) is 5.54 Å². The van der Waals surface area contributed by atoms with Crippen molar-refractivity contribution in [1.82, 2.24) is 19.8 Å². The molecule has 1 aliphatic heterocycles. The highest BCUT2D eigenvalue weighted by molar-refractivity contribution is 7.90. The lowest BCUT2D eigenvalue weighted by molar-refractivity contribution is -0.131. The van der Waals surface area contributed by atoms with Gasteiger partial charge in [-0.05, 0) is 61.6 Å². The van der Waals surface area contributed by atoms with Crippen molar-refractivity contribution in [2.75, 3.05) is 0 Å². The van der Waals surface area contributed by atoms with Gasteiger partial charge in [-0.1, -0.05) is 42.0 Å². The summed E-state index contributed by atoms with van der Waals surface area (Å²) >= 11 is 0. The average Bonchev–Trinajstić information content (AvgIpc) is 3.33. The number of aryl methyl sites for hydroxylation is 3. The average molecular weight is 439 g/mol. The summed E-state index contributed by atoms with van der Waals surface area (Å²) < 4.78 is 27.7. The van der Waals surface area contributed by atoms with E-state index in [0.29, 0.717) is 13.1 Å². The highest BCUT2D eigenvalue weighted by atomic mass is 32.2. The Morgan fingerprint density at radius 2 is 1.84 bits per heavy atom. The quantitative estimate of drug-likeness (QED) is 0.638. The molecule has 1 amide bonds. The number of rotatable bonds is 5. The summed E-state index contributed by atoms with van der Waals surface area (Å²) in [6, 6.07) is 13.3. The zero-order valence-corrected chi connectivity index (χ0v) is 18.9. The van der Waals surface area contributed by atoms with Gasteiger partial charge in [0.2, 0.25) is 0 Å². The second-order valence-corrected chi connectivity index (χ2v) is 9.97. The van der Waals surface area contributed by atoms with Gasteiger partial charge in [0.25, 0.3) is 15.9 Å². The largest absolute Gasteiger partial charge is 0.281 e. The van der Waals surface area contributed by atoms with E-state index in [1.165, 1.54) is 17.8 Å². The minimum absolute atomic E-state index is 0.146. The first kappa shape index (κ1) is 21.3. The molecule has 8 heteroatoms. The van der Waals surface area contributed by atoms with Gasteiger partial charge in [0.15, 0.2) is 5.03 Å². The monoisotopic (exact) mass is 438 g/mol. The molecule has 3 aromatic rings. The van der Waals surface area contributed by atoms with Crippen LogP contribution in [-0.4, -0.2) is 29.4 Å². The van der Waals surface area contributed by atoms with Crippen LogP contribution >= 0.6 is 0 Å². The normalized spacial score (nSPS) is 18.7. The third-order valence-corrected chi connectivity index (χ3v) is 7.42. The number of nitrogens with one attached hydrogen (secondary N) is 2. The Morgan fingerprint density at radius 3 is 2.48 bits per heavy atom. The Hall–Kier alpha value is -2.97. The lowest BCUT2D eigenvalue weighted by Gasteiger charge is -2.35. The molecule has 0 aliphatic carbocycles. The molecule has 0 radical (unpaired) electrons. The summed E-state index contributed by atoms with van der Waals surface area (Å²) in [6.07, 6.45) is 1.33. The van der Waals surface area contributed by atoms with Crippen LogP contribution < -0.4 is 4.72 Å². The molecule has 162 valence electrons. The number of benzene rings is 2. The SMILES string of the molecule is Cc1cc(C)c(CN2Cc3ccccc3C2(C)C(=O)NS(=O)(=O)c2ccn[nH]2)c(C)c1. The van der Waals surface area contributed by atoms with Gasteiger partial charge >= 0.3 is 0 Å². The summed E-state index contributed by atoms with van der Waals surface area (Å²) in [5, 5.41) is 5.94. The molecular formula is C23H26N4O3S. The molecule has 0 fully saturated rings. The smallest absolute Gasteiger partial charge is 0.277 e. The van der Waals surface area contributed by atoms with Gasteiger partial charge in [0.05, 0.1) is 6.20 Å². The molecule has 1 aliphatic rings. The molecule has 1 atom stereocenters. The van der Waals surface area contributed by atoms with Crippen molar-refractivity contribution in [3.63, 3.8) is 0 Å². The van der Waals surface area contributed by atoms with E-state index in [-0.39, 0.29) is 5.03 Å². The van der Waals surface area contributed by atoms with Crippen LogP contribution in [0.4, 0.5) is 0 Å². The number of hydrogen-bond acceptors (Lipinski definition) is 5. The van der Waals surface area contributed by atoms with Crippen LogP contribution in [-0.2, 0) is 33.4 Å². The van der Waals surface area contributed by atoms with Gasteiger partial charge in [-0.2, -0.15) is 13.5 Å².